The third-order valence-corrected chi connectivity index (χ3v) is 4.87. The third kappa shape index (κ3) is 7.24. The molecule has 0 bridgehead atoms. The van der Waals surface area contributed by atoms with Gasteiger partial charge in [-0.05, 0) is 50.1 Å². The molecule has 0 spiro atoms. The van der Waals surface area contributed by atoms with Crippen LogP contribution in [0.5, 0.6) is 0 Å². The van der Waals surface area contributed by atoms with E-state index in [1.54, 1.807) is 17.8 Å². The highest BCUT2D eigenvalue weighted by Gasteiger charge is 2.21. The molecule has 0 amide bonds. The summed E-state index contributed by atoms with van der Waals surface area (Å²) in [5.74, 6) is -0.396. The fourth-order valence-corrected chi connectivity index (χ4v) is 3.60. The number of carbonyl (C=O) groups is 2. The molecule has 1 atom stereocenters. The van der Waals surface area contributed by atoms with E-state index in [0.29, 0.717) is 5.75 Å². The second-order valence-electron chi connectivity index (χ2n) is 7.24. The van der Waals surface area contributed by atoms with Crippen LogP contribution >= 0.6 is 11.8 Å². The third-order valence-electron chi connectivity index (χ3n) is 3.78. The molecule has 2 aromatic carbocycles. The zero-order valence-corrected chi connectivity index (χ0v) is 17.5. The number of ether oxygens (including phenoxy) is 2. The van der Waals surface area contributed by atoms with Gasteiger partial charge in [-0.15, -0.1) is 11.8 Å². The van der Waals surface area contributed by atoms with Crippen LogP contribution in [0.3, 0.4) is 0 Å². The molecule has 0 aromatic heterocycles. The summed E-state index contributed by atoms with van der Waals surface area (Å²) in [4.78, 5) is 25.0. The lowest BCUT2D eigenvalue weighted by molar-refractivity contribution is -0.148. The first-order valence-electron chi connectivity index (χ1n) is 9.05. The molecule has 0 radical (unpaired) electrons. The molecule has 0 aliphatic heterocycles. The standard InChI is InChI=1S/C23H26O4S/c1-23(2,3)27-21(24)14-13-17-9-8-12-19(15-17)28-16-20(22(25)26-4)18-10-6-5-7-11-18/h5-15,20H,16H2,1-4H3. The van der Waals surface area contributed by atoms with Gasteiger partial charge in [0.25, 0.3) is 0 Å². The van der Waals surface area contributed by atoms with Gasteiger partial charge in [0.15, 0.2) is 0 Å². The average molecular weight is 399 g/mol. The van der Waals surface area contributed by atoms with Crippen LogP contribution < -0.4 is 0 Å². The molecule has 148 valence electrons. The molecule has 1 unspecified atom stereocenters. The number of hydrogen-bond acceptors (Lipinski definition) is 5. The smallest absolute Gasteiger partial charge is 0.331 e. The van der Waals surface area contributed by atoms with Gasteiger partial charge in [-0.25, -0.2) is 4.79 Å². The summed E-state index contributed by atoms with van der Waals surface area (Å²) in [5.41, 5.74) is 1.31. The fraction of sp³-hybridized carbons (Fsp3) is 0.304. The lowest BCUT2D eigenvalue weighted by atomic mass is 10.0. The van der Waals surface area contributed by atoms with E-state index in [1.165, 1.54) is 13.2 Å². The van der Waals surface area contributed by atoms with Gasteiger partial charge in [-0.1, -0.05) is 42.5 Å². The van der Waals surface area contributed by atoms with Crippen molar-refractivity contribution in [1.29, 1.82) is 0 Å². The van der Waals surface area contributed by atoms with Crippen LogP contribution in [0, 0.1) is 0 Å². The van der Waals surface area contributed by atoms with Crippen molar-refractivity contribution in [2.75, 3.05) is 12.9 Å². The van der Waals surface area contributed by atoms with Crippen LogP contribution in [0.25, 0.3) is 6.08 Å². The summed E-state index contributed by atoms with van der Waals surface area (Å²) in [5, 5.41) is 0. The van der Waals surface area contributed by atoms with Crippen molar-refractivity contribution in [1.82, 2.24) is 0 Å². The van der Waals surface area contributed by atoms with E-state index in [-0.39, 0.29) is 17.9 Å². The van der Waals surface area contributed by atoms with E-state index in [4.69, 9.17) is 9.47 Å². The minimum atomic E-state index is -0.514. The van der Waals surface area contributed by atoms with Gasteiger partial charge in [-0.3, -0.25) is 4.79 Å². The van der Waals surface area contributed by atoms with Crippen molar-refractivity contribution in [3.8, 4) is 0 Å². The Balaban J connectivity index is 2.05. The second kappa shape index (κ2) is 10.1. The topological polar surface area (TPSA) is 52.6 Å². The van der Waals surface area contributed by atoms with E-state index in [0.717, 1.165) is 16.0 Å². The molecule has 0 heterocycles. The molecular weight excluding hydrogens is 372 g/mol. The second-order valence-corrected chi connectivity index (χ2v) is 8.33. The Labute approximate surface area is 170 Å². The van der Waals surface area contributed by atoms with E-state index in [9.17, 15) is 9.59 Å². The summed E-state index contributed by atoms with van der Waals surface area (Å²) < 4.78 is 10.2. The minimum Gasteiger partial charge on any atom is -0.469 e. The predicted octanol–water partition coefficient (Wildman–Crippen LogP) is 5.09. The van der Waals surface area contributed by atoms with Gasteiger partial charge in [0.2, 0.25) is 0 Å². The monoisotopic (exact) mass is 398 g/mol. The van der Waals surface area contributed by atoms with Crippen LogP contribution in [-0.2, 0) is 19.1 Å². The molecule has 2 rings (SSSR count). The van der Waals surface area contributed by atoms with Crippen molar-refractivity contribution in [3.63, 3.8) is 0 Å². The van der Waals surface area contributed by atoms with Gasteiger partial charge >= 0.3 is 11.9 Å². The highest BCUT2D eigenvalue weighted by Crippen LogP contribution is 2.28. The van der Waals surface area contributed by atoms with Gasteiger partial charge in [-0.2, -0.15) is 0 Å². The molecule has 0 saturated carbocycles. The first kappa shape index (κ1) is 21.8. The number of esters is 2. The lowest BCUT2D eigenvalue weighted by Crippen LogP contribution is -2.22. The van der Waals surface area contributed by atoms with E-state index < -0.39 is 5.60 Å². The first-order chi connectivity index (χ1) is 13.3. The normalized spacial score (nSPS) is 12.6. The van der Waals surface area contributed by atoms with E-state index in [2.05, 4.69) is 0 Å². The highest BCUT2D eigenvalue weighted by molar-refractivity contribution is 7.99. The zero-order valence-electron chi connectivity index (χ0n) is 16.7. The molecule has 0 aliphatic rings. The average Bonchev–Trinajstić information content (AvgIpc) is 2.66. The first-order valence-corrected chi connectivity index (χ1v) is 10.0. The number of methoxy groups -OCH3 is 1. The van der Waals surface area contributed by atoms with Crippen LogP contribution in [-0.4, -0.2) is 30.4 Å². The molecule has 0 N–H and O–H groups in total. The molecule has 2 aromatic rings. The molecule has 28 heavy (non-hydrogen) atoms. The highest BCUT2D eigenvalue weighted by atomic mass is 32.2. The van der Waals surface area contributed by atoms with Crippen molar-refractivity contribution >= 4 is 29.8 Å². The Morgan fingerprint density at radius 3 is 2.43 bits per heavy atom. The number of carbonyl (C=O) groups excluding carboxylic acids is 2. The molecule has 0 fully saturated rings. The fourth-order valence-electron chi connectivity index (χ4n) is 2.52. The molecule has 0 saturated heterocycles. The van der Waals surface area contributed by atoms with Crippen molar-refractivity contribution < 1.29 is 19.1 Å². The van der Waals surface area contributed by atoms with E-state index >= 15 is 0 Å². The van der Waals surface area contributed by atoms with Crippen LogP contribution in [0.2, 0.25) is 0 Å². The predicted molar refractivity (Wildman–Crippen MR) is 113 cm³/mol. The Hall–Kier alpha value is -2.53. The molecular formula is C23H26O4S. The minimum absolute atomic E-state index is 0.250. The van der Waals surface area contributed by atoms with Gasteiger partial charge in [0, 0.05) is 16.7 Å². The lowest BCUT2D eigenvalue weighted by Gasteiger charge is -2.17. The van der Waals surface area contributed by atoms with Crippen LogP contribution in [0.1, 0.15) is 37.8 Å². The largest absolute Gasteiger partial charge is 0.469 e. The number of rotatable bonds is 7. The molecule has 5 heteroatoms. The Bertz CT molecular complexity index is 822. The maximum atomic E-state index is 12.2. The van der Waals surface area contributed by atoms with Crippen LogP contribution in [0.15, 0.2) is 65.6 Å². The van der Waals surface area contributed by atoms with Gasteiger partial charge < -0.3 is 9.47 Å². The SMILES string of the molecule is COC(=O)C(CSc1cccc(C=CC(=O)OC(C)(C)C)c1)c1ccccc1. The molecule has 0 aliphatic carbocycles. The van der Waals surface area contributed by atoms with Gasteiger partial charge in [0.1, 0.15) is 5.60 Å². The van der Waals surface area contributed by atoms with E-state index in [1.807, 2.05) is 75.4 Å². The number of benzene rings is 2. The van der Waals surface area contributed by atoms with Crippen molar-refractivity contribution in [2.45, 2.75) is 37.2 Å². The summed E-state index contributed by atoms with van der Waals surface area (Å²) in [7, 11) is 1.41. The summed E-state index contributed by atoms with van der Waals surface area (Å²) in [6.45, 7) is 5.50. The Kier molecular flexibility index (Phi) is 7.88. The quantitative estimate of drug-likeness (QED) is 0.369. The number of thioether (sulfide) groups is 1. The molecule has 4 nitrogen and oxygen atoms in total. The van der Waals surface area contributed by atoms with Gasteiger partial charge in [0.05, 0.1) is 13.0 Å². The maximum absolute atomic E-state index is 12.2. The maximum Gasteiger partial charge on any atom is 0.331 e. The zero-order chi connectivity index (χ0) is 20.6. The Morgan fingerprint density at radius 1 is 1.07 bits per heavy atom. The number of hydrogen-bond donors (Lipinski definition) is 0. The summed E-state index contributed by atoms with van der Waals surface area (Å²) in [6.07, 6.45) is 3.16. The van der Waals surface area contributed by atoms with Crippen molar-refractivity contribution in [3.05, 3.63) is 71.8 Å². The summed E-state index contributed by atoms with van der Waals surface area (Å²) in [6, 6.07) is 17.4. The summed E-state index contributed by atoms with van der Waals surface area (Å²) >= 11 is 1.57. The Morgan fingerprint density at radius 2 is 1.79 bits per heavy atom. The van der Waals surface area contributed by atoms with Crippen LogP contribution in [0.4, 0.5) is 0 Å². The van der Waals surface area contributed by atoms with Crippen molar-refractivity contribution in [2.24, 2.45) is 0 Å².